The van der Waals surface area contributed by atoms with Gasteiger partial charge in [-0.1, -0.05) is 18.2 Å². The summed E-state index contributed by atoms with van der Waals surface area (Å²) in [6, 6.07) is 7.98. The van der Waals surface area contributed by atoms with Gasteiger partial charge in [0.15, 0.2) is 0 Å². The maximum atomic E-state index is 11.8. The van der Waals surface area contributed by atoms with E-state index >= 15 is 0 Å². The normalized spacial score (nSPS) is 11.7. The van der Waals surface area contributed by atoms with E-state index in [4.69, 9.17) is 30.0 Å². The second-order valence-corrected chi connectivity index (χ2v) is 6.11. The number of rotatable bonds is 13. The fourth-order valence-corrected chi connectivity index (χ4v) is 2.48. The minimum Gasteiger partial charge on any atom is -0.378 e. The molecule has 8 heteroatoms. The van der Waals surface area contributed by atoms with E-state index in [-0.39, 0.29) is 18.1 Å². The molecule has 0 saturated carbocycles. The van der Waals surface area contributed by atoms with Crippen molar-refractivity contribution in [1.82, 2.24) is 0 Å². The Labute approximate surface area is 136 Å². The molecule has 0 fully saturated rings. The Kier molecular flexibility index (Phi) is 10.4. The Morgan fingerprint density at radius 2 is 1.27 bits per heavy atom. The summed E-state index contributed by atoms with van der Waals surface area (Å²) in [4.78, 5) is 0.135. The lowest BCUT2D eigenvalue weighted by Gasteiger charge is -2.07. The number of ether oxygens (including phenoxy) is 3. The average molecular weight is 353 g/mol. The molecule has 0 unspecified atom stereocenters. The quantitative estimate of drug-likeness (QED) is 0.305. The van der Waals surface area contributed by atoms with Gasteiger partial charge in [-0.2, -0.15) is 8.42 Å². The summed E-state index contributed by atoms with van der Waals surface area (Å²) in [7, 11) is -3.71. The van der Waals surface area contributed by atoms with Crippen LogP contribution in [0.25, 0.3) is 0 Å². The zero-order valence-corrected chi connectivity index (χ0v) is 13.9. The molecule has 1 rings (SSSR count). The molecule has 0 aromatic heterocycles. The molecule has 0 spiro atoms. The smallest absolute Gasteiger partial charge is 0.297 e. The third-order valence-electron chi connectivity index (χ3n) is 2.46. The summed E-state index contributed by atoms with van der Waals surface area (Å²) in [5.41, 5.74) is 0. The van der Waals surface area contributed by atoms with Gasteiger partial charge in [0.1, 0.15) is 0 Å². The molecule has 0 aliphatic rings. The van der Waals surface area contributed by atoms with Gasteiger partial charge in [0.2, 0.25) is 0 Å². The van der Waals surface area contributed by atoms with Crippen LogP contribution >= 0.6 is 11.6 Å². The van der Waals surface area contributed by atoms with Crippen molar-refractivity contribution >= 4 is 21.7 Å². The highest BCUT2D eigenvalue weighted by atomic mass is 35.5. The van der Waals surface area contributed by atoms with Crippen molar-refractivity contribution in [3.8, 4) is 0 Å². The van der Waals surface area contributed by atoms with E-state index in [0.717, 1.165) is 0 Å². The number of benzene rings is 1. The van der Waals surface area contributed by atoms with Gasteiger partial charge >= 0.3 is 0 Å². The van der Waals surface area contributed by atoms with Crippen LogP contribution in [0.15, 0.2) is 35.2 Å². The van der Waals surface area contributed by atoms with Crippen LogP contribution in [0.2, 0.25) is 0 Å². The lowest BCUT2D eigenvalue weighted by molar-refractivity contribution is 0.0120. The van der Waals surface area contributed by atoms with Crippen molar-refractivity contribution in [2.24, 2.45) is 0 Å². The Bertz CT molecular complexity index is 479. The summed E-state index contributed by atoms with van der Waals surface area (Å²) in [6.45, 7) is 2.40. The van der Waals surface area contributed by atoms with Crippen molar-refractivity contribution in [2.45, 2.75) is 4.90 Å². The van der Waals surface area contributed by atoms with Gasteiger partial charge in [-0.3, -0.25) is 4.18 Å². The third-order valence-corrected chi connectivity index (χ3v) is 3.94. The molecule has 0 N–H and O–H groups in total. The van der Waals surface area contributed by atoms with Crippen molar-refractivity contribution in [3.05, 3.63) is 30.3 Å². The van der Waals surface area contributed by atoms with Crippen LogP contribution in [-0.4, -0.2) is 60.5 Å². The number of halogens is 1. The molecule has 0 heterocycles. The largest absolute Gasteiger partial charge is 0.378 e. The topological polar surface area (TPSA) is 71.1 Å². The summed E-state index contributed by atoms with van der Waals surface area (Å²) in [6.07, 6.45) is 0. The highest BCUT2D eigenvalue weighted by Gasteiger charge is 2.13. The molecule has 0 saturated heterocycles. The summed E-state index contributed by atoms with van der Waals surface area (Å²) >= 11 is 5.44. The number of alkyl halides is 1. The lowest BCUT2D eigenvalue weighted by atomic mass is 10.4. The second-order valence-electron chi connectivity index (χ2n) is 4.12. The van der Waals surface area contributed by atoms with Gasteiger partial charge in [-0.25, -0.2) is 0 Å². The summed E-state index contributed by atoms with van der Waals surface area (Å²) in [5.74, 6) is 0.467. The van der Waals surface area contributed by atoms with Crippen LogP contribution in [0, 0.1) is 0 Å². The predicted molar refractivity (Wildman–Crippen MR) is 82.8 cm³/mol. The third kappa shape index (κ3) is 8.67. The summed E-state index contributed by atoms with van der Waals surface area (Å²) in [5, 5.41) is 0. The zero-order chi connectivity index (χ0) is 16.1. The fourth-order valence-electron chi connectivity index (χ4n) is 1.45. The SMILES string of the molecule is O=S(=O)(OCCOCCOCCOCCCl)c1ccccc1. The van der Waals surface area contributed by atoms with E-state index in [1.807, 2.05) is 0 Å². The van der Waals surface area contributed by atoms with Gasteiger partial charge < -0.3 is 14.2 Å². The molecule has 1 aromatic rings. The molecule has 0 bridgehead atoms. The Balaban J connectivity index is 1.99. The van der Waals surface area contributed by atoms with Crippen LogP contribution < -0.4 is 0 Å². The molecular formula is C14H21ClO6S. The Morgan fingerprint density at radius 1 is 0.773 bits per heavy atom. The van der Waals surface area contributed by atoms with Gasteiger partial charge in [0, 0.05) is 5.88 Å². The van der Waals surface area contributed by atoms with E-state index < -0.39 is 10.1 Å². The van der Waals surface area contributed by atoms with Crippen molar-refractivity contribution in [3.63, 3.8) is 0 Å². The average Bonchev–Trinajstić information content (AvgIpc) is 2.53. The molecule has 126 valence electrons. The molecule has 1 aromatic carbocycles. The highest BCUT2D eigenvalue weighted by molar-refractivity contribution is 7.86. The minimum absolute atomic E-state index is 0.0317. The van der Waals surface area contributed by atoms with Crippen LogP contribution in [0.1, 0.15) is 0 Å². The number of hydrogen-bond donors (Lipinski definition) is 0. The van der Waals surface area contributed by atoms with E-state index in [0.29, 0.717) is 38.9 Å². The fraction of sp³-hybridized carbons (Fsp3) is 0.571. The first-order valence-electron chi connectivity index (χ1n) is 6.90. The minimum atomic E-state index is -3.71. The van der Waals surface area contributed by atoms with Gasteiger partial charge in [-0.05, 0) is 12.1 Å². The van der Waals surface area contributed by atoms with E-state index in [2.05, 4.69) is 0 Å². The van der Waals surface area contributed by atoms with Crippen LogP contribution in [-0.2, 0) is 28.5 Å². The molecule has 0 radical (unpaired) electrons. The molecule has 0 amide bonds. The summed E-state index contributed by atoms with van der Waals surface area (Å²) < 4.78 is 44.0. The van der Waals surface area contributed by atoms with Crippen molar-refractivity contribution < 1.29 is 26.8 Å². The van der Waals surface area contributed by atoms with E-state index in [1.165, 1.54) is 12.1 Å². The molecule has 0 aliphatic heterocycles. The lowest BCUT2D eigenvalue weighted by Crippen LogP contribution is -2.14. The maximum Gasteiger partial charge on any atom is 0.297 e. The van der Waals surface area contributed by atoms with Gasteiger partial charge in [0.05, 0.1) is 51.1 Å². The van der Waals surface area contributed by atoms with Gasteiger partial charge in [0.25, 0.3) is 10.1 Å². The molecule has 6 nitrogen and oxygen atoms in total. The van der Waals surface area contributed by atoms with E-state index in [9.17, 15) is 8.42 Å². The van der Waals surface area contributed by atoms with Crippen molar-refractivity contribution in [1.29, 1.82) is 0 Å². The zero-order valence-electron chi connectivity index (χ0n) is 12.3. The first-order valence-corrected chi connectivity index (χ1v) is 8.85. The monoisotopic (exact) mass is 352 g/mol. The first-order chi connectivity index (χ1) is 10.7. The number of hydrogen-bond acceptors (Lipinski definition) is 6. The van der Waals surface area contributed by atoms with Crippen molar-refractivity contribution in [2.75, 3.05) is 52.1 Å². The second kappa shape index (κ2) is 11.8. The van der Waals surface area contributed by atoms with Crippen LogP contribution in [0.4, 0.5) is 0 Å². The van der Waals surface area contributed by atoms with Crippen LogP contribution in [0.3, 0.4) is 0 Å². The van der Waals surface area contributed by atoms with Crippen LogP contribution in [0.5, 0.6) is 0 Å². The molecular weight excluding hydrogens is 332 g/mol. The standard InChI is InChI=1S/C14H21ClO6S/c15-6-7-18-8-9-19-10-11-20-12-13-21-22(16,17)14-4-2-1-3-5-14/h1-5H,6-13H2. The predicted octanol–water partition coefficient (Wildman–Crippen LogP) is 1.68. The highest BCUT2D eigenvalue weighted by Crippen LogP contribution is 2.10. The first kappa shape index (κ1) is 19.3. The molecule has 22 heavy (non-hydrogen) atoms. The molecule has 0 atom stereocenters. The Hall–Kier alpha value is -0.700. The van der Waals surface area contributed by atoms with Gasteiger partial charge in [-0.15, -0.1) is 11.6 Å². The Morgan fingerprint density at radius 3 is 1.82 bits per heavy atom. The molecule has 0 aliphatic carbocycles. The van der Waals surface area contributed by atoms with E-state index in [1.54, 1.807) is 18.2 Å². The maximum absolute atomic E-state index is 11.8.